The highest BCUT2D eigenvalue weighted by Crippen LogP contribution is 2.31. The average molecular weight is 554 g/mol. The molecule has 208 valence electrons. The highest BCUT2D eigenvalue weighted by molar-refractivity contribution is 6.29. The van der Waals surface area contributed by atoms with Crippen molar-refractivity contribution in [1.82, 2.24) is 5.32 Å². The van der Waals surface area contributed by atoms with Crippen molar-refractivity contribution in [3.05, 3.63) is 106 Å². The van der Waals surface area contributed by atoms with Gasteiger partial charge in [0.25, 0.3) is 5.91 Å². The molecule has 0 aromatic heterocycles. The zero-order chi connectivity index (χ0) is 28.9. The van der Waals surface area contributed by atoms with Gasteiger partial charge in [0.15, 0.2) is 5.78 Å². The van der Waals surface area contributed by atoms with Gasteiger partial charge < -0.3 is 20.3 Å². The smallest absolute Gasteiger partial charge is 0.481 e. The summed E-state index contributed by atoms with van der Waals surface area (Å²) in [5.41, 5.74) is 3.49. The predicted octanol–water partition coefficient (Wildman–Crippen LogP) is 5.28. The molecule has 0 spiro atoms. The Balaban J connectivity index is 1.64. The van der Waals surface area contributed by atoms with Crippen molar-refractivity contribution in [2.75, 3.05) is 6.54 Å². The largest absolute Gasteiger partial charge is 0.573 e. The predicted molar refractivity (Wildman–Crippen MR) is 140 cm³/mol. The third-order valence-electron chi connectivity index (χ3n) is 6.45. The Hall–Kier alpha value is -4.44. The Labute approximate surface area is 227 Å². The van der Waals surface area contributed by atoms with E-state index in [1.807, 2.05) is 12.1 Å². The monoisotopic (exact) mass is 553 g/mol. The minimum absolute atomic E-state index is 0.0484. The molecule has 1 unspecified atom stereocenters. The van der Waals surface area contributed by atoms with Crippen LogP contribution in [0.5, 0.6) is 5.75 Å². The van der Waals surface area contributed by atoms with E-state index in [-0.39, 0.29) is 35.2 Å². The number of ketones is 1. The number of rotatable bonds is 10. The van der Waals surface area contributed by atoms with Crippen LogP contribution in [0.1, 0.15) is 61.9 Å². The summed E-state index contributed by atoms with van der Waals surface area (Å²) in [6.07, 6.45) is -2.52. The van der Waals surface area contributed by atoms with Crippen molar-refractivity contribution < 1.29 is 42.5 Å². The highest BCUT2D eigenvalue weighted by atomic mass is 19.4. The van der Waals surface area contributed by atoms with E-state index in [9.17, 15) is 32.7 Å². The van der Waals surface area contributed by atoms with Crippen LogP contribution in [0.25, 0.3) is 5.57 Å². The summed E-state index contributed by atoms with van der Waals surface area (Å²) in [6.45, 7) is -0.0484. The van der Waals surface area contributed by atoms with Gasteiger partial charge in [-0.1, -0.05) is 42.5 Å². The van der Waals surface area contributed by atoms with Crippen LogP contribution >= 0.6 is 0 Å². The number of aliphatic carboxylic acids is 1. The SMILES string of the molecule is O=C(O)CCNC(=O)c1ccc(C(=O)/C(=C\C(O)c2cccc(OC(F)(F)F)c2)c2ccc3c(c2)CCC3)cc1. The molecule has 0 saturated heterocycles. The number of carbonyl (C=O) groups is 3. The maximum Gasteiger partial charge on any atom is 0.573 e. The van der Waals surface area contributed by atoms with E-state index in [4.69, 9.17) is 5.11 Å². The van der Waals surface area contributed by atoms with Gasteiger partial charge >= 0.3 is 12.3 Å². The number of nitrogens with one attached hydrogen (secondary N) is 1. The van der Waals surface area contributed by atoms with E-state index in [1.165, 1.54) is 48.0 Å². The molecule has 1 atom stereocenters. The van der Waals surface area contributed by atoms with E-state index in [0.717, 1.165) is 37.0 Å². The van der Waals surface area contributed by atoms with Gasteiger partial charge in [0, 0.05) is 23.2 Å². The fourth-order valence-electron chi connectivity index (χ4n) is 4.51. The quantitative estimate of drug-likeness (QED) is 0.233. The maximum atomic E-state index is 13.7. The molecule has 1 amide bonds. The summed E-state index contributed by atoms with van der Waals surface area (Å²) >= 11 is 0. The zero-order valence-corrected chi connectivity index (χ0v) is 21.2. The summed E-state index contributed by atoms with van der Waals surface area (Å²) in [5.74, 6) is -2.50. The molecule has 10 heteroatoms. The van der Waals surface area contributed by atoms with Crippen LogP contribution in [0, 0.1) is 0 Å². The van der Waals surface area contributed by atoms with Crippen molar-refractivity contribution >= 4 is 23.2 Å². The van der Waals surface area contributed by atoms with Gasteiger partial charge in [-0.05, 0) is 71.9 Å². The summed E-state index contributed by atoms with van der Waals surface area (Å²) < 4.78 is 42.0. The molecule has 1 aliphatic carbocycles. The van der Waals surface area contributed by atoms with Crippen LogP contribution in [0.15, 0.2) is 72.8 Å². The molecule has 0 bridgehead atoms. The Morgan fingerprint density at radius 3 is 2.30 bits per heavy atom. The van der Waals surface area contributed by atoms with E-state index in [0.29, 0.717) is 5.56 Å². The van der Waals surface area contributed by atoms with Gasteiger partial charge in [0.05, 0.1) is 12.5 Å². The van der Waals surface area contributed by atoms with Crippen molar-refractivity contribution in [3.63, 3.8) is 0 Å². The number of allylic oxidation sites excluding steroid dienone is 1. The Morgan fingerprint density at radius 1 is 0.925 bits per heavy atom. The molecule has 1 aliphatic rings. The number of carboxylic acids is 1. The van der Waals surface area contributed by atoms with Gasteiger partial charge in [-0.25, -0.2) is 0 Å². The molecule has 0 aliphatic heterocycles. The first kappa shape index (κ1) is 28.6. The van der Waals surface area contributed by atoms with Crippen LogP contribution in [0.2, 0.25) is 0 Å². The van der Waals surface area contributed by atoms with Crippen LogP contribution < -0.4 is 10.1 Å². The molecule has 40 heavy (non-hydrogen) atoms. The second-order valence-electron chi connectivity index (χ2n) is 9.29. The molecule has 3 aromatic rings. The van der Waals surface area contributed by atoms with Gasteiger partial charge in [0.2, 0.25) is 0 Å². The summed E-state index contributed by atoms with van der Waals surface area (Å²) in [6, 6.07) is 16.2. The second kappa shape index (κ2) is 12.2. The molecule has 7 nitrogen and oxygen atoms in total. The minimum Gasteiger partial charge on any atom is -0.481 e. The zero-order valence-electron chi connectivity index (χ0n) is 21.2. The number of carboxylic acid groups (broad SMARTS) is 1. The highest BCUT2D eigenvalue weighted by Gasteiger charge is 2.31. The van der Waals surface area contributed by atoms with E-state index < -0.39 is 35.9 Å². The van der Waals surface area contributed by atoms with Crippen LogP contribution in [-0.4, -0.2) is 40.8 Å². The number of aliphatic hydroxyl groups excluding tert-OH is 1. The number of amides is 1. The topological polar surface area (TPSA) is 113 Å². The molecule has 0 fully saturated rings. The average Bonchev–Trinajstić information content (AvgIpc) is 3.38. The number of hydrogen-bond donors (Lipinski definition) is 3. The molecular weight excluding hydrogens is 527 g/mol. The lowest BCUT2D eigenvalue weighted by molar-refractivity contribution is -0.274. The first-order valence-corrected chi connectivity index (χ1v) is 12.5. The van der Waals surface area contributed by atoms with Crippen LogP contribution in [-0.2, 0) is 17.6 Å². The van der Waals surface area contributed by atoms with E-state index in [2.05, 4.69) is 10.1 Å². The standard InChI is InChI=1S/C30H26F3NO6/c31-30(32,33)40-24-6-2-5-23(16-24)26(35)17-25(22-12-7-18-3-1-4-21(18)15-22)28(38)19-8-10-20(11-9-19)29(39)34-14-13-27(36)37/h2,5-12,15-17,26,35H,1,3-4,13-14H2,(H,34,39)(H,36,37)/b25-17-. The molecule has 0 heterocycles. The normalized spacial score (nSPS) is 13.8. The number of ether oxygens (including phenoxy) is 1. The fourth-order valence-corrected chi connectivity index (χ4v) is 4.51. The molecule has 0 radical (unpaired) electrons. The van der Waals surface area contributed by atoms with Gasteiger partial charge in [-0.15, -0.1) is 13.2 Å². The van der Waals surface area contributed by atoms with Gasteiger partial charge in [-0.3, -0.25) is 14.4 Å². The summed E-state index contributed by atoms with van der Waals surface area (Å²) in [4.78, 5) is 36.6. The van der Waals surface area contributed by atoms with Crippen LogP contribution in [0.4, 0.5) is 13.2 Å². The molecule has 0 saturated carbocycles. The van der Waals surface area contributed by atoms with Crippen LogP contribution in [0.3, 0.4) is 0 Å². The molecule has 3 aromatic carbocycles. The molecular formula is C30H26F3NO6. The van der Waals surface area contributed by atoms with Gasteiger partial charge in [0.1, 0.15) is 5.75 Å². The fraction of sp³-hybridized carbons (Fsp3) is 0.233. The van der Waals surface area contributed by atoms with Crippen molar-refractivity contribution in [1.29, 1.82) is 0 Å². The number of fused-ring (bicyclic) bond motifs is 1. The van der Waals surface area contributed by atoms with E-state index >= 15 is 0 Å². The lowest BCUT2D eigenvalue weighted by Gasteiger charge is -2.15. The number of benzene rings is 3. The second-order valence-corrected chi connectivity index (χ2v) is 9.29. The molecule has 4 rings (SSSR count). The third-order valence-corrected chi connectivity index (χ3v) is 6.45. The Morgan fingerprint density at radius 2 is 1.60 bits per heavy atom. The minimum atomic E-state index is -4.90. The van der Waals surface area contributed by atoms with E-state index in [1.54, 1.807) is 6.07 Å². The van der Waals surface area contributed by atoms with Crippen molar-refractivity contribution in [2.24, 2.45) is 0 Å². The first-order valence-electron chi connectivity index (χ1n) is 12.5. The summed E-state index contributed by atoms with van der Waals surface area (Å²) in [7, 11) is 0. The van der Waals surface area contributed by atoms with Crippen molar-refractivity contribution in [3.8, 4) is 5.75 Å². The number of halogens is 3. The Kier molecular flexibility index (Phi) is 8.69. The number of alkyl halides is 3. The van der Waals surface area contributed by atoms with Crippen molar-refractivity contribution in [2.45, 2.75) is 38.1 Å². The summed E-state index contributed by atoms with van der Waals surface area (Å²) in [5, 5.41) is 22.1. The maximum absolute atomic E-state index is 13.7. The Bertz CT molecular complexity index is 1450. The number of carbonyl (C=O) groups excluding carboxylic acids is 2. The number of aliphatic hydroxyl groups is 1. The number of aryl methyl sites for hydroxylation is 2. The lowest BCUT2D eigenvalue weighted by atomic mass is 9.92. The first-order chi connectivity index (χ1) is 19.0. The van der Waals surface area contributed by atoms with Gasteiger partial charge in [-0.2, -0.15) is 0 Å². The number of hydrogen-bond acceptors (Lipinski definition) is 5. The lowest BCUT2D eigenvalue weighted by Crippen LogP contribution is -2.26. The third kappa shape index (κ3) is 7.35. The molecule has 3 N–H and O–H groups in total. The number of Topliss-reactive ketones (excluding diaryl/α,β-unsaturated/α-hetero) is 1.